The van der Waals surface area contributed by atoms with Crippen LogP contribution >= 0.6 is 0 Å². The number of carbonyl (C=O) groups excluding carboxylic acids is 1. The van der Waals surface area contributed by atoms with Crippen molar-refractivity contribution in [2.45, 2.75) is 13.1 Å². The van der Waals surface area contributed by atoms with Gasteiger partial charge in [-0.1, -0.05) is 42.5 Å². The Balaban J connectivity index is 1.32. The minimum Gasteiger partial charge on any atom is -0.481 e. The second-order valence-electron chi connectivity index (χ2n) is 8.21. The Morgan fingerprint density at radius 3 is 2.29 bits per heavy atom. The molecule has 2 aromatic carbocycles. The van der Waals surface area contributed by atoms with Crippen molar-refractivity contribution in [3.8, 4) is 0 Å². The number of nitrogens with one attached hydrogen (secondary N) is 1. The van der Waals surface area contributed by atoms with Crippen LogP contribution in [0.4, 0.5) is 5.69 Å². The smallest absolute Gasteiger partial charge is 0.308 e. The zero-order valence-electron chi connectivity index (χ0n) is 17.6. The van der Waals surface area contributed by atoms with Gasteiger partial charge in [0.2, 0.25) is 5.91 Å². The standard InChI is InChI=1S/C24H29N3O4/c28-23(25-14-18-6-8-20(9-7-18)27-10-12-31-13-11-27)21-16-26(17-22(21)24(29)30)15-19-4-2-1-3-5-19/h1-9,21-22H,10-17H2,(H,25,28)(H,29,30)/t21-,22+/m0/s1. The van der Waals surface area contributed by atoms with Gasteiger partial charge in [-0.05, 0) is 23.3 Å². The molecule has 2 atom stereocenters. The predicted molar refractivity (Wildman–Crippen MR) is 118 cm³/mol. The van der Waals surface area contributed by atoms with Crippen molar-refractivity contribution in [1.82, 2.24) is 10.2 Å². The summed E-state index contributed by atoms with van der Waals surface area (Å²) >= 11 is 0. The number of carboxylic acids is 1. The number of aliphatic carboxylic acids is 1. The Kier molecular flexibility index (Phi) is 6.84. The van der Waals surface area contributed by atoms with E-state index in [-0.39, 0.29) is 5.91 Å². The maximum absolute atomic E-state index is 12.8. The van der Waals surface area contributed by atoms with E-state index in [1.54, 1.807) is 0 Å². The number of morpholine rings is 1. The average molecular weight is 424 g/mol. The van der Waals surface area contributed by atoms with Gasteiger partial charge in [0.15, 0.2) is 0 Å². The minimum absolute atomic E-state index is 0.194. The second-order valence-corrected chi connectivity index (χ2v) is 8.21. The van der Waals surface area contributed by atoms with E-state index in [0.717, 1.165) is 43.1 Å². The number of hydrogen-bond acceptors (Lipinski definition) is 5. The van der Waals surface area contributed by atoms with Crippen LogP contribution in [0.1, 0.15) is 11.1 Å². The summed E-state index contributed by atoms with van der Waals surface area (Å²) in [5.41, 5.74) is 3.26. The summed E-state index contributed by atoms with van der Waals surface area (Å²) in [5, 5.41) is 12.6. The van der Waals surface area contributed by atoms with Gasteiger partial charge in [-0.25, -0.2) is 0 Å². The van der Waals surface area contributed by atoms with Crippen molar-refractivity contribution in [3.05, 3.63) is 65.7 Å². The molecular weight excluding hydrogens is 394 g/mol. The lowest BCUT2D eigenvalue weighted by Crippen LogP contribution is -2.37. The van der Waals surface area contributed by atoms with Gasteiger partial charge in [0.1, 0.15) is 0 Å². The normalized spacial score (nSPS) is 21.7. The third kappa shape index (κ3) is 5.42. The SMILES string of the molecule is O=C(NCc1ccc(N2CCOCC2)cc1)[C@H]1CN(Cc2ccccc2)C[C@H]1C(=O)O. The molecule has 0 radical (unpaired) electrons. The van der Waals surface area contributed by atoms with Gasteiger partial charge >= 0.3 is 5.97 Å². The van der Waals surface area contributed by atoms with Gasteiger partial charge in [-0.2, -0.15) is 0 Å². The van der Waals surface area contributed by atoms with Gasteiger partial charge in [0.05, 0.1) is 25.0 Å². The molecule has 2 aliphatic rings. The molecule has 164 valence electrons. The molecule has 31 heavy (non-hydrogen) atoms. The van der Waals surface area contributed by atoms with E-state index < -0.39 is 17.8 Å². The third-order valence-corrected chi connectivity index (χ3v) is 6.08. The number of rotatable bonds is 7. The Bertz CT molecular complexity index is 881. The van der Waals surface area contributed by atoms with Crippen LogP contribution < -0.4 is 10.2 Å². The minimum atomic E-state index is -0.912. The zero-order valence-corrected chi connectivity index (χ0v) is 17.6. The van der Waals surface area contributed by atoms with Crippen molar-refractivity contribution < 1.29 is 19.4 Å². The molecule has 7 heteroatoms. The molecule has 2 saturated heterocycles. The van der Waals surface area contributed by atoms with Gasteiger partial charge in [0.25, 0.3) is 0 Å². The molecule has 0 aliphatic carbocycles. The summed E-state index contributed by atoms with van der Waals surface area (Å²) in [6, 6.07) is 18.1. The molecule has 7 nitrogen and oxygen atoms in total. The monoisotopic (exact) mass is 423 g/mol. The molecule has 0 bridgehead atoms. The van der Waals surface area contributed by atoms with Crippen molar-refractivity contribution >= 4 is 17.6 Å². The number of nitrogens with zero attached hydrogens (tertiary/aromatic N) is 2. The highest BCUT2D eigenvalue weighted by Crippen LogP contribution is 2.26. The highest BCUT2D eigenvalue weighted by atomic mass is 16.5. The van der Waals surface area contributed by atoms with E-state index >= 15 is 0 Å². The lowest BCUT2D eigenvalue weighted by Gasteiger charge is -2.28. The molecule has 0 unspecified atom stereocenters. The number of carbonyl (C=O) groups is 2. The van der Waals surface area contributed by atoms with Crippen LogP contribution in [0.15, 0.2) is 54.6 Å². The van der Waals surface area contributed by atoms with E-state index in [4.69, 9.17) is 4.74 Å². The highest BCUT2D eigenvalue weighted by molar-refractivity contribution is 5.85. The van der Waals surface area contributed by atoms with Crippen molar-refractivity contribution in [1.29, 1.82) is 0 Å². The Labute approximate surface area is 182 Å². The van der Waals surface area contributed by atoms with Gasteiger partial charge in [-0.3, -0.25) is 14.5 Å². The molecule has 2 fully saturated rings. The van der Waals surface area contributed by atoms with Gasteiger partial charge < -0.3 is 20.1 Å². The Hall–Kier alpha value is -2.90. The van der Waals surface area contributed by atoms with E-state index in [1.165, 1.54) is 0 Å². The van der Waals surface area contributed by atoms with Crippen LogP contribution in [0.3, 0.4) is 0 Å². The number of ether oxygens (including phenoxy) is 1. The van der Waals surface area contributed by atoms with Gasteiger partial charge in [-0.15, -0.1) is 0 Å². The highest BCUT2D eigenvalue weighted by Gasteiger charge is 2.41. The first kappa shape index (κ1) is 21.3. The summed E-state index contributed by atoms with van der Waals surface area (Å²) in [6.07, 6.45) is 0. The van der Waals surface area contributed by atoms with Crippen LogP contribution in [-0.2, 0) is 27.4 Å². The largest absolute Gasteiger partial charge is 0.481 e. The van der Waals surface area contributed by atoms with Gasteiger partial charge in [0, 0.05) is 45.0 Å². The van der Waals surface area contributed by atoms with Crippen LogP contribution in [0.25, 0.3) is 0 Å². The van der Waals surface area contributed by atoms with Crippen molar-refractivity contribution in [3.63, 3.8) is 0 Å². The molecule has 0 saturated carbocycles. The molecule has 0 spiro atoms. The molecule has 4 rings (SSSR count). The molecule has 2 aromatic rings. The Morgan fingerprint density at radius 1 is 0.935 bits per heavy atom. The van der Waals surface area contributed by atoms with Crippen molar-refractivity contribution in [2.24, 2.45) is 11.8 Å². The maximum Gasteiger partial charge on any atom is 0.308 e. The third-order valence-electron chi connectivity index (χ3n) is 6.08. The summed E-state index contributed by atoms with van der Waals surface area (Å²) in [6.45, 7) is 5.13. The molecule has 2 heterocycles. The quantitative estimate of drug-likeness (QED) is 0.709. The first-order valence-electron chi connectivity index (χ1n) is 10.8. The number of carboxylic acid groups (broad SMARTS) is 1. The number of hydrogen-bond donors (Lipinski definition) is 2. The fraction of sp³-hybridized carbons (Fsp3) is 0.417. The van der Waals surface area contributed by atoms with Crippen LogP contribution in [-0.4, -0.2) is 61.3 Å². The molecule has 1 amide bonds. The lowest BCUT2D eigenvalue weighted by atomic mass is 9.95. The van der Waals surface area contributed by atoms with Crippen LogP contribution in [0.2, 0.25) is 0 Å². The number of likely N-dealkylation sites (tertiary alicyclic amines) is 1. The van der Waals surface area contributed by atoms with Crippen LogP contribution in [0, 0.1) is 11.8 Å². The summed E-state index contributed by atoms with van der Waals surface area (Å²) in [5.74, 6) is -2.34. The van der Waals surface area contributed by atoms with Crippen LogP contribution in [0.5, 0.6) is 0 Å². The first-order valence-corrected chi connectivity index (χ1v) is 10.8. The lowest BCUT2D eigenvalue weighted by molar-refractivity contribution is -0.145. The zero-order chi connectivity index (χ0) is 21.6. The molecular formula is C24H29N3O4. The van der Waals surface area contributed by atoms with Crippen molar-refractivity contribution in [2.75, 3.05) is 44.3 Å². The van der Waals surface area contributed by atoms with E-state index in [2.05, 4.69) is 27.2 Å². The number of benzene rings is 2. The summed E-state index contributed by atoms with van der Waals surface area (Å²) in [7, 11) is 0. The predicted octanol–water partition coefficient (Wildman–Crippen LogP) is 1.97. The number of anilines is 1. The fourth-order valence-electron chi connectivity index (χ4n) is 4.34. The fourth-order valence-corrected chi connectivity index (χ4v) is 4.34. The maximum atomic E-state index is 12.8. The van der Waals surface area contributed by atoms with E-state index in [9.17, 15) is 14.7 Å². The van der Waals surface area contributed by atoms with E-state index in [1.807, 2.05) is 42.5 Å². The summed E-state index contributed by atoms with van der Waals surface area (Å²) < 4.78 is 5.39. The second kappa shape index (κ2) is 9.94. The topological polar surface area (TPSA) is 82.1 Å². The van der Waals surface area contributed by atoms with E-state index in [0.29, 0.717) is 26.2 Å². The molecule has 0 aromatic heterocycles. The Morgan fingerprint density at radius 2 is 1.61 bits per heavy atom. The first-order chi connectivity index (χ1) is 15.1. The number of amides is 1. The average Bonchev–Trinajstić information content (AvgIpc) is 3.23. The molecule has 2 N–H and O–H groups in total. The summed E-state index contributed by atoms with van der Waals surface area (Å²) in [4.78, 5) is 28.9. The molecule has 2 aliphatic heterocycles.